The largest absolute Gasteiger partial charge is 0.353 e. The van der Waals surface area contributed by atoms with Gasteiger partial charge in [-0.15, -0.1) is 0 Å². The van der Waals surface area contributed by atoms with Gasteiger partial charge in [0.25, 0.3) is 0 Å². The summed E-state index contributed by atoms with van der Waals surface area (Å²) in [6.07, 6.45) is 3.01. The number of aromatic nitrogens is 2. The first kappa shape index (κ1) is 12.1. The van der Waals surface area contributed by atoms with Gasteiger partial charge < -0.3 is 5.32 Å². The molecular formula is C9H14N4O3S. The molecule has 1 fully saturated rings. The summed E-state index contributed by atoms with van der Waals surface area (Å²) in [5, 5.41) is 8.75. The molecule has 0 radical (unpaired) electrons. The fraction of sp³-hybridized carbons (Fsp3) is 0.556. The van der Waals surface area contributed by atoms with E-state index in [9.17, 15) is 13.2 Å². The maximum Gasteiger partial charge on any atom is 0.246 e. The molecule has 1 aromatic heterocycles. The van der Waals surface area contributed by atoms with Crippen LogP contribution >= 0.6 is 0 Å². The lowest BCUT2D eigenvalue weighted by molar-refractivity contribution is -0.126. The van der Waals surface area contributed by atoms with Crippen molar-refractivity contribution in [2.45, 2.75) is 24.3 Å². The van der Waals surface area contributed by atoms with Crippen molar-refractivity contribution in [1.82, 2.24) is 19.8 Å². The van der Waals surface area contributed by atoms with E-state index in [1.54, 1.807) is 6.92 Å². The Morgan fingerprint density at radius 3 is 2.94 bits per heavy atom. The minimum atomic E-state index is -3.63. The van der Waals surface area contributed by atoms with Crippen LogP contribution in [-0.2, 0) is 14.8 Å². The van der Waals surface area contributed by atoms with E-state index in [-0.39, 0.29) is 17.3 Å². The van der Waals surface area contributed by atoms with E-state index in [0.29, 0.717) is 13.0 Å². The number of rotatable bonds is 3. The van der Waals surface area contributed by atoms with Crippen molar-refractivity contribution >= 4 is 15.9 Å². The van der Waals surface area contributed by atoms with E-state index < -0.39 is 16.1 Å². The molecule has 1 unspecified atom stereocenters. The van der Waals surface area contributed by atoms with Crippen molar-refractivity contribution in [3.8, 4) is 0 Å². The second kappa shape index (κ2) is 4.46. The number of carbonyl (C=O) groups excluding carboxylic acids is 1. The number of piperazine rings is 1. The van der Waals surface area contributed by atoms with E-state index in [2.05, 4.69) is 15.5 Å². The standard InChI is InChI=1S/C9H14N4O3S/c1-2-8-9(14)10-3-4-13(8)17(15,16)7-5-11-12-6-7/h5-6,8H,2-4H2,1H3,(H,10,14)(H,11,12). The van der Waals surface area contributed by atoms with Gasteiger partial charge in [-0.2, -0.15) is 9.40 Å². The molecule has 94 valence electrons. The summed E-state index contributed by atoms with van der Waals surface area (Å²) in [6.45, 7) is 2.41. The van der Waals surface area contributed by atoms with Gasteiger partial charge in [0.2, 0.25) is 15.9 Å². The van der Waals surface area contributed by atoms with Crippen LogP contribution in [0.15, 0.2) is 17.3 Å². The summed E-state index contributed by atoms with van der Waals surface area (Å²) in [7, 11) is -3.63. The van der Waals surface area contributed by atoms with Crippen LogP contribution in [0, 0.1) is 0 Å². The normalized spacial score (nSPS) is 22.4. The van der Waals surface area contributed by atoms with Crippen molar-refractivity contribution in [2.75, 3.05) is 13.1 Å². The Balaban J connectivity index is 2.35. The number of hydrogen-bond donors (Lipinski definition) is 2. The van der Waals surface area contributed by atoms with Gasteiger partial charge in [0.1, 0.15) is 10.9 Å². The van der Waals surface area contributed by atoms with Gasteiger partial charge in [-0.25, -0.2) is 8.42 Å². The van der Waals surface area contributed by atoms with Crippen LogP contribution < -0.4 is 5.32 Å². The first-order valence-corrected chi connectivity index (χ1v) is 6.79. The number of hydrogen-bond acceptors (Lipinski definition) is 4. The van der Waals surface area contributed by atoms with Crippen molar-refractivity contribution < 1.29 is 13.2 Å². The maximum atomic E-state index is 12.2. The van der Waals surface area contributed by atoms with Crippen LogP contribution in [0.3, 0.4) is 0 Å². The third-order valence-corrected chi connectivity index (χ3v) is 4.62. The van der Waals surface area contributed by atoms with Crippen LogP contribution in [0.25, 0.3) is 0 Å². The van der Waals surface area contributed by atoms with Crippen molar-refractivity contribution in [3.05, 3.63) is 12.4 Å². The molecule has 7 nitrogen and oxygen atoms in total. The van der Waals surface area contributed by atoms with Crippen LogP contribution in [-0.4, -0.2) is 48.0 Å². The summed E-state index contributed by atoms with van der Waals surface area (Å²) < 4.78 is 25.7. The summed E-state index contributed by atoms with van der Waals surface area (Å²) in [5.41, 5.74) is 0. The monoisotopic (exact) mass is 258 g/mol. The molecule has 1 amide bonds. The third-order valence-electron chi connectivity index (χ3n) is 2.75. The van der Waals surface area contributed by atoms with Gasteiger partial charge in [0.05, 0.1) is 6.20 Å². The first-order chi connectivity index (χ1) is 8.07. The van der Waals surface area contributed by atoms with Gasteiger partial charge in [0, 0.05) is 19.3 Å². The average Bonchev–Trinajstić information content (AvgIpc) is 2.82. The summed E-state index contributed by atoms with van der Waals surface area (Å²) >= 11 is 0. The van der Waals surface area contributed by atoms with Crippen LogP contribution in [0.4, 0.5) is 0 Å². The molecule has 1 saturated heterocycles. The average molecular weight is 258 g/mol. The second-order valence-corrected chi connectivity index (χ2v) is 5.66. The minimum absolute atomic E-state index is 0.0886. The topological polar surface area (TPSA) is 95.2 Å². The van der Waals surface area contributed by atoms with E-state index in [1.165, 1.54) is 16.7 Å². The zero-order valence-electron chi connectivity index (χ0n) is 9.38. The lowest BCUT2D eigenvalue weighted by atomic mass is 10.2. The summed E-state index contributed by atoms with van der Waals surface area (Å²) in [4.78, 5) is 11.7. The van der Waals surface area contributed by atoms with Crippen LogP contribution in [0.2, 0.25) is 0 Å². The van der Waals surface area contributed by atoms with E-state index in [0.717, 1.165) is 0 Å². The van der Waals surface area contributed by atoms with E-state index in [4.69, 9.17) is 0 Å². The number of amides is 1. The van der Waals surface area contributed by atoms with Crippen molar-refractivity contribution in [1.29, 1.82) is 0 Å². The summed E-state index contributed by atoms with van der Waals surface area (Å²) in [6, 6.07) is -0.636. The fourth-order valence-corrected chi connectivity index (χ4v) is 3.46. The molecule has 1 aromatic rings. The first-order valence-electron chi connectivity index (χ1n) is 5.35. The van der Waals surface area contributed by atoms with E-state index >= 15 is 0 Å². The SMILES string of the molecule is CCC1C(=O)NCCN1S(=O)(=O)c1cn[nH]c1. The number of sulfonamides is 1. The highest BCUT2D eigenvalue weighted by molar-refractivity contribution is 7.89. The molecule has 0 aliphatic carbocycles. The molecule has 0 aromatic carbocycles. The molecule has 2 heterocycles. The predicted octanol–water partition coefficient (Wildman–Crippen LogP) is -0.691. The number of carbonyl (C=O) groups is 1. The molecule has 8 heteroatoms. The van der Waals surface area contributed by atoms with Gasteiger partial charge >= 0.3 is 0 Å². The van der Waals surface area contributed by atoms with Crippen LogP contribution in [0.1, 0.15) is 13.3 Å². The number of nitrogens with one attached hydrogen (secondary N) is 2. The van der Waals surface area contributed by atoms with Crippen LogP contribution in [0.5, 0.6) is 0 Å². The van der Waals surface area contributed by atoms with Gasteiger partial charge in [-0.3, -0.25) is 9.89 Å². The highest BCUT2D eigenvalue weighted by Crippen LogP contribution is 2.20. The molecule has 0 bridgehead atoms. The fourth-order valence-electron chi connectivity index (χ4n) is 1.89. The molecule has 0 saturated carbocycles. The van der Waals surface area contributed by atoms with Crippen molar-refractivity contribution in [2.24, 2.45) is 0 Å². The second-order valence-electron chi connectivity index (χ2n) is 3.76. The molecule has 2 N–H and O–H groups in total. The zero-order chi connectivity index (χ0) is 12.5. The Morgan fingerprint density at radius 1 is 1.59 bits per heavy atom. The molecule has 1 atom stereocenters. The molecule has 1 aliphatic heterocycles. The lowest BCUT2D eigenvalue weighted by Crippen LogP contribution is -2.56. The Kier molecular flexibility index (Phi) is 3.16. The Hall–Kier alpha value is -1.41. The number of nitrogens with zero attached hydrogens (tertiary/aromatic N) is 2. The van der Waals surface area contributed by atoms with E-state index in [1.807, 2.05) is 0 Å². The Bertz CT molecular complexity index is 496. The number of H-pyrrole nitrogens is 1. The van der Waals surface area contributed by atoms with Gasteiger partial charge in [0.15, 0.2) is 0 Å². The summed E-state index contributed by atoms with van der Waals surface area (Å²) in [5.74, 6) is -0.245. The zero-order valence-corrected chi connectivity index (χ0v) is 10.2. The Morgan fingerprint density at radius 2 is 2.35 bits per heavy atom. The minimum Gasteiger partial charge on any atom is -0.353 e. The molecule has 17 heavy (non-hydrogen) atoms. The van der Waals surface area contributed by atoms with Gasteiger partial charge in [-0.05, 0) is 6.42 Å². The third kappa shape index (κ3) is 2.05. The molecule has 1 aliphatic rings. The molecule has 0 spiro atoms. The van der Waals surface area contributed by atoms with Crippen molar-refractivity contribution in [3.63, 3.8) is 0 Å². The maximum absolute atomic E-state index is 12.2. The van der Waals surface area contributed by atoms with Gasteiger partial charge in [-0.1, -0.05) is 6.92 Å². The quantitative estimate of drug-likeness (QED) is 0.750. The highest BCUT2D eigenvalue weighted by atomic mass is 32.2. The molecular weight excluding hydrogens is 244 g/mol. The highest BCUT2D eigenvalue weighted by Gasteiger charge is 2.37. The smallest absolute Gasteiger partial charge is 0.246 e. The molecule has 2 rings (SSSR count). The lowest BCUT2D eigenvalue weighted by Gasteiger charge is -2.32. The predicted molar refractivity (Wildman–Crippen MR) is 59.6 cm³/mol. The number of aromatic amines is 1. The Labute approximate surface area is 99.2 Å².